The largest absolute Gasteiger partial charge is 0.497 e. The average molecular weight is 442 g/mol. The number of hydrogen-bond acceptors (Lipinski definition) is 8. The third-order valence-corrected chi connectivity index (χ3v) is 4.33. The van der Waals surface area contributed by atoms with Gasteiger partial charge in [0.2, 0.25) is 5.82 Å². The monoisotopic (exact) mass is 442 g/mol. The van der Waals surface area contributed by atoms with E-state index in [2.05, 4.69) is 25.6 Å². The second-order valence-electron chi connectivity index (χ2n) is 6.41. The Morgan fingerprint density at radius 1 is 1.06 bits per heavy atom. The summed E-state index contributed by atoms with van der Waals surface area (Å²) >= 11 is 0. The summed E-state index contributed by atoms with van der Waals surface area (Å²) in [6.45, 7) is -0.246. The Bertz CT molecular complexity index is 1270. The third kappa shape index (κ3) is 4.36. The molecule has 1 N–H and O–H groups in total. The van der Waals surface area contributed by atoms with Gasteiger partial charge in [0.25, 0.3) is 5.89 Å². The minimum atomic E-state index is -4.64. The van der Waals surface area contributed by atoms with Crippen molar-refractivity contribution < 1.29 is 27.2 Å². The molecule has 162 valence electrons. The smallest absolute Gasteiger partial charge is 0.416 e. The van der Waals surface area contributed by atoms with Crippen LogP contribution in [0.2, 0.25) is 0 Å². The van der Waals surface area contributed by atoms with Crippen LogP contribution in [0.25, 0.3) is 22.7 Å². The quantitative estimate of drug-likeness (QED) is 0.475. The molecular formula is C20H13F3N6O3. The molecule has 2 aromatic carbocycles. The van der Waals surface area contributed by atoms with Gasteiger partial charge in [-0.15, -0.1) is 5.10 Å². The first-order chi connectivity index (χ1) is 15.4. The number of ether oxygens (including phenoxy) is 2. The van der Waals surface area contributed by atoms with Crippen LogP contribution in [0, 0.1) is 11.3 Å². The summed E-state index contributed by atoms with van der Waals surface area (Å²) in [5, 5.41) is 22.5. The van der Waals surface area contributed by atoms with Crippen LogP contribution in [0.4, 0.5) is 13.2 Å². The predicted octanol–water partition coefficient (Wildman–Crippen LogP) is 4.00. The molecule has 0 unspecified atom stereocenters. The molecule has 0 aliphatic rings. The van der Waals surface area contributed by atoms with E-state index in [0.29, 0.717) is 11.3 Å². The van der Waals surface area contributed by atoms with E-state index in [-0.39, 0.29) is 41.0 Å². The van der Waals surface area contributed by atoms with Crippen LogP contribution >= 0.6 is 0 Å². The number of aromatic nitrogens is 5. The van der Waals surface area contributed by atoms with Crippen LogP contribution in [0.1, 0.15) is 17.1 Å². The first-order valence-electron chi connectivity index (χ1n) is 9.00. The maximum Gasteiger partial charge on any atom is 0.416 e. The van der Waals surface area contributed by atoms with E-state index >= 15 is 0 Å². The van der Waals surface area contributed by atoms with Gasteiger partial charge in [0.05, 0.1) is 12.7 Å². The van der Waals surface area contributed by atoms with E-state index in [1.165, 1.54) is 6.07 Å². The second kappa shape index (κ2) is 8.38. The molecule has 0 aliphatic heterocycles. The maximum absolute atomic E-state index is 13.4. The fraction of sp³-hybridized carbons (Fsp3) is 0.150. The molecule has 0 radical (unpaired) electrons. The van der Waals surface area contributed by atoms with Crippen molar-refractivity contribution in [3.63, 3.8) is 0 Å². The van der Waals surface area contributed by atoms with Crippen molar-refractivity contribution in [3.05, 3.63) is 59.5 Å². The summed E-state index contributed by atoms with van der Waals surface area (Å²) in [6, 6.07) is 11.7. The number of nitrogens with zero attached hydrogens (tertiary/aromatic N) is 5. The maximum atomic E-state index is 13.4. The van der Waals surface area contributed by atoms with E-state index in [9.17, 15) is 13.2 Å². The zero-order valence-electron chi connectivity index (χ0n) is 16.3. The molecule has 2 heterocycles. The lowest BCUT2D eigenvalue weighted by atomic mass is 10.1. The molecule has 0 fully saturated rings. The highest BCUT2D eigenvalue weighted by molar-refractivity contribution is 5.67. The van der Waals surface area contributed by atoms with Gasteiger partial charge in [-0.2, -0.15) is 33.7 Å². The lowest BCUT2D eigenvalue weighted by Crippen LogP contribution is -2.06. The van der Waals surface area contributed by atoms with Crippen molar-refractivity contribution in [1.82, 2.24) is 25.6 Å². The van der Waals surface area contributed by atoms with E-state index < -0.39 is 11.7 Å². The number of H-pyrrole nitrogens is 1. The predicted molar refractivity (Wildman–Crippen MR) is 102 cm³/mol. The van der Waals surface area contributed by atoms with Crippen molar-refractivity contribution in [2.24, 2.45) is 0 Å². The molecule has 0 amide bonds. The van der Waals surface area contributed by atoms with Gasteiger partial charge in [-0.3, -0.25) is 0 Å². The number of hydrogen-bond donors (Lipinski definition) is 1. The van der Waals surface area contributed by atoms with Crippen LogP contribution < -0.4 is 9.47 Å². The van der Waals surface area contributed by atoms with Gasteiger partial charge in [0.15, 0.2) is 12.3 Å². The van der Waals surface area contributed by atoms with Crippen molar-refractivity contribution in [3.8, 4) is 40.3 Å². The molecule has 32 heavy (non-hydrogen) atoms. The molecule has 0 bridgehead atoms. The van der Waals surface area contributed by atoms with Crippen molar-refractivity contribution >= 4 is 0 Å². The number of aromatic amines is 1. The molecule has 2 aromatic heterocycles. The Labute approximate surface area is 178 Å². The third-order valence-electron chi connectivity index (χ3n) is 4.33. The van der Waals surface area contributed by atoms with Gasteiger partial charge in [0.1, 0.15) is 23.3 Å². The molecule has 12 heteroatoms. The minimum absolute atomic E-state index is 0.0205. The number of methoxy groups -OCH3 is 1. The molecule has 0 aliphatic carbocycles. The molecular weight excluding hydrogens is 429 g/mol. The van der Waals surface area contributed by atoms with Crippen LogP contribution in [0.3, 0.4) is 0 Å². The molecule has 0 spiro atoms. The number of benzene rings is 2. The Kier molecular flexibility index (Phi) is 5.46. The Hall–Kier alpha value is -4.40. The Balaban J connectivity index is 1.57. The summed E-state index contributed by atoms with van der Waals surface area (Å²) in [4.78, 5) is 4.19. The molecule has 0 saturated carbocycles. The highest BCUT2D eigenvalue weighted by Gasteiger charge is 2.32. The zero-order chi connectivity index (χ0) is 22.7. The summed E-state index contributed by atoms with van der Waals surface area (Å²) in [7, 11) is 1.54. The first kappa shape index (κ1) is 20.9. The van der Waals surface area contributed by atoms with Crippen molar-refractivity contribution in [2.45, 2.75) is 12.8 Å². The molecule has 9 nitrogen and oxygen atoms in total. The number of nitriles is 1. The normalized spacial score (nSPS) is 11.2. The van der Waals surface area contributed by atoms with E-state index in [1.807, 2.05) is 0 Å². The van der Waals surface area contributed by atoms with Gasteiger partial charge in [-0.1, -0.05) is 5.16 Å². The standard InChI is InChI=1S/C20H13F3N6O3/c1-30-14-4-2-11(3-5-14)19-25-17(28-32-19)10-31-15-7-12(6-13(8-15)20(21,22)23)18-16(9-24)26-29-27-18/h2-8H,10H2,1H3,(H,26,27,29). The van der Waals surface area contributed by atoms with E-state index in [1.54, 1.807) is 37.4 Å². The first-order valence-corrected chi connectivity index (χ1v) is 9.00. The van der Waals surface area contributed by atoms with E-state index in [4.69, 9.17) is 19.3 Å². The Morgan fingerprint density at radius 3 is 2.53 bits per heavy atom. The highest BCUT2D eigenvalue weighted by atomic mass is 19.4. The summed E-state index contributed by atoms with van der Waals surface area (Å²) < 4.78 is 55.9. The number of nitrogens with one attached hydrogen (secondary N) is 1. The van der Waals surface area contributed by atoms with Gasteiger partial charge in [-0.25, -0.2) is 0 Å². The number of rotatable bonds is 6. The number of alkyl halides is 3. The molecule has 4 aromatic rings. The minimum Gasteiger partial charge on any atom is -0.497 e. The SMILES string of the molecule is COc1ccc(-c2nc(COc3cc(-c4n[nH]nc4C#N)cc(C(F)(F)F)c3)no2)cc1. The van der Waals surface area contributed by atoms with Crippen molar-refractivity contribution in [2.75, 3.05) is 7.11 Å². The van der Waals surface area contributed by atoms with Crippen LogP contribution in [-0.2, 0) is 12.8 Å². The Morgan fingerprint density at radius 2 is 1.84 bits per heavy atom. The number of halogens is 3. The second-order valence-corrected chi connectivity index (χ2v) is 6.41. The lowest BCUT2D eigenvalue weighted by molar-refractivity contribution is -0.137. The van der Waals surface area contributed by atoms with E-state index in [0.717, 1.165) is 12.1 Å². The van der Waals surface area contributed by atoms with Gasteiger partial charge in [-0.05, 0) is 42.5 Å². The lowest BCUT2D eigenvalue weighted by Gasteiger charge is -2.11. The molecule has 0 atom stereocenters. The van der Waals surface area contributed by atoms with Crippen molar-refractivity contribution in [1.29, 1.82) is 5.26 Å². The highest BCUT2D eigenvalue weighted by Crippen LogP contribution is 2.36. The summed E-state index contributed by atoms with van der Waals surface area (Å²) in [5.74, 6) is 0.896. The zero-order valence-corrected chi connectivity index (χ0v) is 16.3. The topological polar surface area (TPSA) is 123 Å². The van der Waals surface area contributed by atoms with Gasteiger partial charge >= 0.3 is 6.18 Å². The van der Waals surface area contributed by atoms with Gasteiger partial charge < -0.3 is 14.0 Å². The van der Waals surface area contributed by atoms with Crippen LogP contribution in [-0.4, -0.2) is 32.7 Å². The summed E-state index contributed by atoms with van der Waals surface area (Å²) in [5.41, 5.74) is -0.473. The average Bonchev–Trinajstić information content (AvgIpc) is 3.46. The van der Waals surface area contributed by atoms with Crippen LogP contribution in [0.5, 0.6) is 11.5 Å². The fourth-order valence-corrected chi connectivity index (χ4v) is 2.80. The van der Waals surface area contributed by atoms with Gasteiger partial charge in [0, 0.05) is 11.1 Å². The van der Waals surface area contributed by atoms with Crippen LogP contribution in [0.15, 0.2) is 47.0 Å². The molecule has 4 rings (SSSR count). The summed E-state index contributed by atoms with van der Waals surface area (Å²) in [6.07, 6.45) is -4.64. The fourth-order valence-electron chi connectivity index (χ4n) is 2.80. The molecule has 0 saturated heterocycles.